The quantitative estimate of drug-likeness (QED) is 0.468. The van der Waals surface area contributed by atoms with Crippen LogP contribution in [0.4, 0.5) is 0 Å². The summed E-state index contributed by atoms with van der Waals surface area (Å²) in [6.45, 7) is 17.7. The van der Waals surface area contributed by atoms with Crippen molar-refractivity contribution in [3.05, 3.63) is 76.9 Å². The highest BCUT2D eigenvalue weighted by atomic mass is 16.3. The van der Waals surface area contributed by atoms with Gasteiger partial charge in [0.25, 0.3) is 0 Å². The Bertz CT molecular complexity index is 1140. The molecule has 3 aromatic carbocycles. The van der Waals surface area contributed by atoms with E-state index in [1.54, 1.807) is 0 Å². The smallest absolute Gasteiger partial charge is 0.123 e. The van der Waals surface area contributed by atoms with Crippen LogP contribution in [0.15, 0.2) is 59.7 Å². The highest BCUT2D eigenvalue weighted by Gasteiger charge is 2.26. The minimum Gasteiger partial charge on any atom is -0.507 e. The molecule has 0 amide bonds. The zero-order valence-corrected chi connectivity index (χ0v) is 21.6. The van der Waals surface area contributed by atoms with Crippen molar-refractivity contribution < 1.29 is 5.11 Å². The summed E-state index contributed by atoms with van der Waals surface area (Å²) in [4.78, 5) is 2.52. The number of nitrogens with zero attached hydrogens (tertiary/aromatic N) is 3. The SMILES string of the molecule is CC(C)(C)c1cc(C=NN2CCN(Cc3cccc4ccccc34)CC2)cc(C(C)(C)C)c1O. The molecular formula is C30H39N3O. The average molecular weight is 458 g/mol. The van der Waals surface area contributed by atoms with Gasteiger partial charge in [0.15, 0.2) is 0 Å². The third-order valence-corrected chi connectivity index (χ3v) is 6.74. The molecule has 0 unspecified atom stereocenters. The number of hydrogen-bond acceptors (Lipinski definition) is 4. The first-order valence-electron chi connectivity index (χ1n) is 12.4. The van der Waals surface area contributed by atoms with E-state index in [9.17, 15) is 5.11 Å². The summed E-state index contributed by atoms with van der Waals surface area (Å²) in [5, 5.41) is 20.6. The van der Waals surface area contributed by atoms with Gasteiger partial charge >= 0.3 is 0 Å². The maximum atomic E-state index is 11.0. The molecule has 0 bridgehead atoms. The summed E-state index contributed by atoms with van der Waals surface area (Å²) >= 11 is 0. The van der Waals surface area contributed by atoms with Crippen molar-refractivity contribution in [2.45, 2.75) is 58.9 Å². The van der Waals surface area contributed by atoms with Crippen molar-refractivity contribution in [1.29, 1.82) is 0 Å². The molecule has 1 N–H and O–H groups in total. The lowest BCUT2D eigenvalue weighted by molar-refractivity contribution is 0.131. The minimum atomic E-state index is -0.138. The lowest BCUT2D eigenvalue weighted by Gasteiger charge is -2.33. The Labute approximate surface area is 204 Å². The zero-order chi connectivity index (χ0) is 24.5. The summed E-state index contributed by atoms with van der Waals surface area (Å²) in [5.74, 6) is 0.416. The van der Waals surface area contributed by atoms with Crippen LogP contribution in [0.3, 0.4) is 0 Å². The van der Waals surface area contributed by atoms with Gasteiger partial charge in [0, 0.05) is 43.9 Å². The lowest BCUT2D eigenvalue weighted by atomic mass is 9.78. The van der Waals surface area contributed by atoms with Gasteiger partial charge in [-0.05, 0) is 44.9 Å². The second kappa shape index (κ2) is 9.42. The maximum Gasteiger partial charge on any atom is 0.123 e. The van der Waals surface area contributed by atoms with E-state index in [2.05, 4.69) is 106 Å². The molecule has 1 aliphatic rings. The molecular weight excluding hydrogens is 418 g/mol. The summed E-state index contributed by atoms with van der Waals surface area (Å²) in [7, 11) is 0. The monoisotopic (exact) mass is 457 g/mol. The number of phenols is 1. The maximum absolute atomic E-state index is 11.0. The Hall–Kier alpha value is -2.85. The van der Waals surface area contributed by atoms with Crippen LogP contribution in [-0.2, 0) is 17.4 Å². The number of hydrogen-bond donors (Lipinski definition) is 1. The molecule has 0 saturated carbocycles. The number of piperazine rings is 1. The molecule has 4 heteroatoms. The predicted octanol–water partition coefficient (Wildman–Crippen LogP) is 6.29. The minimum absolute atomic E-state index is 0.138. The molecule has 4 rings (SSSR count). The third-order valence-electron chi connectivity index (χ3n) is 6.74. The largest absolute Gasteiger partial charge is 0.507 e. The number of fused-ring (bicyclic) bond motifs is 1. The van der Waals surface area contributed by atoms with Gasteiger partial charge < -0.3 is 5.11 Å². The Morgan fingerprint density at radius 2 is 1.41 bits per heavy atom. The van der Waals surface area contributed by atoms with E-state index < -0.39 is 0 Å². The van der Waals surface area contributed by atoms with E-state index in [1.165, 1.54) is 16.3 Å². The van der Waals surface area contributed by atoms with E-state index in [0.717, 1.165) is 49.4 Å². The highest BCUT2D eigenvalue weighted by molar-refractivity contribution is 5.85. The molecule has 34 heavy (non-hydrogen) atoms. The first-order valence-corrected chi connectivity index (χ1v) is 12.4. The molecule has 1 fully saturated rings. The summed E-state index contributed by atoms with van der Waals surface area (Å²) in [5.41, 5.74) is 4.11. The standard InChI is InChI=1S/C30H39N3O/c1-29(2,3)26-18-22(19-27(28(26)34)30(4,5)6)20-31-33-16-14-32(15-17-33)21-24-12-9-11-23-10-7-8-13-25(23)24/h7-13,18-20,34H,14-17,21H2,1-6H3. The van der Waals surface area contributed by atoms with Crippen molar-refractivity contribution in [2.24, 2.45) is 5.10 Å². The van der Waals surface area contributed by atoms with Crippen LogP contribution in [0.5, 0.6) is 5.75 Å². The Morgan fingerprint density at radius 1 is 0.824 bits per heavy atom. The van der Waals surface area contributed by atoms with Gasteiger partial charge in [0.05, 0.1) is 6.21 Å². The lowest BCUT2D eigenvalue weighted by Crippen LogP contribution is -2.43. The average Bonchev–Trinajstić information content (AvgIpc) is 2.78. The van der Waals surface area contributed by atoms with Gasteiger partial charge in [-0.15, -0.1) is 0 Å². The van der Waals surface area contributed by atoms with Crippen molar-refractivity contribution >= 4 is 17.0 Å². The Balaban J connectivity index is 1.45. The normalized spacial score (nSPS) is 16.0. The molecule has 1 aliphatic heterocycles. The van der Waals surface area contributed by atoms with Gasteiger partial charge in [-0.3, -0.25) is 9.91 Å². The third kappa shape index (κ3) is 5.44. The van der Waals surface area contributed by atoms with Gasteiger partial charge in [-0.2, -0.15) is 5.10 Å². The van der Waals surface area contributed by atoms with Crippen molar-refractivity contribution in [2.75, 3.05) is 26.2 Å². The van der Waals surface area contributed by atoms with Crippen LogP contribution in [0, 0.1) is 0 Å². The van der Waals surface area contributed by atoms with Gasteiger partial charge in [0.1, 0.15) is 5.75 Å². The first kappa shape index (κ1) is 24.3. The van der Waals surface area contributed by atoms with E-state index in [4.69, 9.17) is 5.10 Å². The Morgan fingerprint density at radius 3 is 2.03 bits per heavy atom. The molecule has 0 atom stereocenters. The van der Waals surface area contributed by atoms with E-state index in [0.29, 0.717) is 5.75 Å². The molecule has 1 heterocycles. The topological polar surface area (TPSA) is 39.1 Å². The van der Waals surface area contributed by atoms with Crippen molar-refractivity contribution in [3.8, 4) is 5.75 Å². The molecule has 0 aromatic heterocycles. The van der Waals surface area contributed by atoms with Crippen LogP contribution in [0.25, 0.3) is 10.8 Å². The summed E-state index contributed by atoms with van der Waals surface area (Å²) in [6, 6.07) is 19.4. The fourth-order valence-electron chi connectivity index (χ4n) is 4.71. The van der Waals surface area contributed by atoms with Crippen LogP contribution in [0.1, 0.15) is 63.8 Å². The van der Waals surface area contributed by atoms with E-state index in [-0.39, 0.29) is 10.8 Å². The second-order valence-electron chi connectivity index (χ2n) is 11.6. The molecule has 3 aromatic rings. The summed E-state index contributed by atoms with van der Waals surface area (Å²) < 4.78 is 0. The molecule has 0 radical (unpaired) electrons. The van der Waals surface area contributed by atoms with Crippen LogP contribution >= 0.6 is 0 Å². The fourth-order valence-corrected chi connectivity index (χ4v) is 4.71. The van der Waals surface area contributed by atoms with E-state index >= 15 is 0 Å². The number of hydrazone groups is 1. The highest BCUT2D eigenvalue weighted by Crippen LogP contribution is 2.39. The van der Waals surface area contributed by atoms with Gasteiger partial charge in [-0.25, -0.2) is 0 Å². The molecule has 180 valence electrons. The Kier molecular flexibility index (Phi) is 6.73. The number of rotatable bonds is 4. The summed E-state index contributed by atoms with van der Waals surface area (Å²) in [6.07, 6.45) is 1.96. The number of phenolic OH excluding ortho intramolecular Hbond substituents is 1. The van der Waals surface area contributed by atoms with Crippen LogP contribution in [-0.4, -0.2) is 47.4 Å². The predicted molar refractivity (Wildman–Crippen MR) is 144 cm³/mol. The van der Waals surface area contributed by atoms with Crippen molar-refractivity contribution in [3.63, 3.8) is 0 Å². The fraction of sp³-hybridized carbons (Fsp3) is 0.433. The van der Waals surface area contributed by atoms with Gasteiger partial charge in [-0.1, -0.05) is 84.0 Å². The van der Waals surface area contributed by atoms with E-state index in [1.807, 2.05) is 6.21 Å². The number of aromatic hydroxyl groups is 1. The molecule has 0 aliphatic carbocycles. The second-order valence-corrected chi connectivity index (χ2v) is 11.6. The zero-order valence-electron chi connectivity index (χ0n) is 21.6. The van der Waals surface area contributed by atoms with Gasteiger partial charge in [0.2, 0.25) is 0 Å². The number of benzene rings is 3. The molecule has 0 spiro atoms. The van der Waals surface area contributed by atoms with Crippen LogP contribution in [0.2, 0.25) is 0 Å². The molecule has 1 saturated heterocycles. The van der Waals surface area contributed by atoms with Crippen LogP contribution < -0.4 is 0 Å². The molecule has 4 nitrogen and oxygen atoms in total. The van der Waals surface area contributed by atoms with Crippen molar-refractivity contribution in [1.82, 2.24) is 9.91 Å². The first-order chi connectivity index (χ1) is 16.0.